The highest BCUT2D eigenvalue weighted by Gasteiger charge is 2.20. The summed E-state index contributed by atoms with van der Waals surface area (Å²) < 4.78 is 10.3. The van der Waals surface area contributed by atoms with Crippen LogP contribution in [0.2, 0.25) is 5.02 Å². The van der Waals surface area contributed by atoms with Crippen LogP contribution in [-0.2, 0) is 20.7 Å². The van der Waals surface area contributed by atoms with E-state index in [0.29, 0.717) is 22.0 Å². The molecule has 128 valence electrons. The molecule has 1 atom stereocenters. The van der Waals surface area contributed by atoms with Crippen LogP contribution >= 0.6 is 11.6 Å². The largest absolute Gasteiger partial charge is 0.452 e. The number of amides is 1. The fraction of sp³-hybridized carbons (Fsp3) is 0.167. The highest BCUT2D eigenvalue weighted by Crippen LogP contribution is 2.19. The predicted octanol–water partition coefficient (Wildman–Crippen LogP) is 3.59. The smallest absolute Gasteiger partial charge is 0.312 e. The molecule has 0 aliphatic heterocycles. The Morgan fingerprint density at radius 1 is 1.20 bits per heavy atom. The van der Waals surface area contributed by atoms with Gasteiger partial charge >= 0.3 is 5.97 Å². The van der Waals surface area contributed by atoms with Crippen LogP contribution in [0.4, 0.5) is 5.69 Å². The minimum atomic E-state index is -0.943. The molecule has 0 aliphatic rings. The van der Waals surface area contributed by atoms with E-state index in [-0.39, 0.29) is 6.42 Å². The summed E-state index contributed by atoms with van der Waals surface area (Å²) in [5.74, 6) is -0.988. The van der Waals surface area contributed by atoms with Crippen molar-refractivity contribution in [2.75, 3.05) is 5.32 Å². The number of hydrogen-bond donors (Lipinski definition) is 1. The maximum absolute atomic E-state index is 12.1. The molecule has 1 aromatic heterocycles. The van der Waals surface area contributed by atoms with Crippen LogP contribution in [0.15, 0.2) is 53.1 Å². The SMILES string of the molecule is C[C@@H](OC(=O)Cc1noc2ccccc12)C(=O)Nc1ccc(Cl)cc1. The van der Waals surface area contributed by atoms with Gasteiger partial charge in [0.15, 0.2) is 11.7 Å². The summed E-state index contributed by atoms with van der Waals surface area (Å²) in [5.41, 5.74) is 1.64. The number of aromatic nitrogens is 1. The molecule has 1 amide bonds. The molecule has 0 spiro atoms. The summed E-state index contributed by atoms with van der Waals surface area (Å²) in [6, 6.07) is 13.9. The Labute approximate surface area is 148 Å². The van der Waals surface area contributed by atoms with E-state index in [1.807, 2.05) is 18.2 Å². The normalized spacial score (nSPS) is 11.9. The van der Waals surface area contributed by atoms with E-state index in [2.05, 4.69) is 10.5 Å². The topological polar surface area (TPSA) is 81.4 Å². The van der Waals surface area contributed by atoms with Gasteiger partial charge in [-0.15, -0.1) is 0 Å². The standard InChI is InChI=1S/C18H15ClN2O4/c1-11(18(23)20-13-8-6-12(19)7-9-13)24-17(22)10-15-14-4-2-3-5-16(14)25-21-15/h2-9,11H,10H2,1H3,(H,20,23)/t11-/m1/s1. The van der Waals surface area contributed by atoms with E-state index in [1.54, 1.807) is 30.3 Å². The van der Waals surface area contributed by atoms with Crippen molar-refractivity contribution < 1.29 is 18.8 Å². The van der Waals surface area contributed by atoms with Gasteiger partial charge in [0, 0.05) is 16.1 Å². The Morgan fingerprint density at radius 2 is 1.92 bits per heavy atom. The first-order valence-corrected chi connectivity index (χ1v) is 8.00. The molecule has 6 nitrogen and oxygen atoms in total. The van der Waals surface area contributed by atoms with E-state index >= 15 is 0 Å². The summed E-state index contributed by atoms with van der Waals surface area (Å²) in [6.07, 6.45) is -1.02. The number of rotatable bonds is 5. The van der Waals surface area contributed by atoms with Crippen LogP contribution in [-0.4, -0.2) is 23.1 Å². The van der Waals surface area contributed by atoms with Crippen LogP contribution in [0.25, 0.3) is 11.0 Å². The monoisotopic (exact) mass is 358 g/mol. The lowest BCUT2D eigenvalue weighted by molar-refractivity contribution is -0.152. The average molecular weight is 359 g/mol. The van der Waals surface area contributed by atoms with Gasteiger partial charge in [-0.3, -0.25) is 9.59 Å². The lowest BCUT2D eigenvalue weighted by Crippen LogP contribution is -2.30. The second-order valence-corrected chi connectivity index (χ2v) is 5.87. The van der Waals surface area contributed by atoms with Crippen molar-refractivity contribution in [1.82, 2.24) is 5.16 Å². The summed E-state index contributed by atoms with van der Waals surface area (Å²) in [7, 11) is 0. The molecular weight excluding hydrogens is 344 g/mol. The number of ether oxygens (including phenoxy) is 1. The van der Waals surface area contributed by atoms with Crippen molar-refractivity contribution in [3.05, 3.63) is 59.2 Å². The third kappa shape index (κ3) is 4.16. The minimum absolute atomic E-state index is 0.0738. The number of halogens is 1. The molecule has 3 rings (SSSR count). The molecule has 1 N–H and O–H groups in total. The third-order valence-corrected chi connectivity index (χ3v) is 3.81. The summed E-state index contributed by atoms with van der Waals surface area (Å²) >= 11 is 5.79. The fourth-order valence-corrected chi connectivity index (χ4v) is 2.40. The van der Waals surface area contributed by atoms with Gasteiger partial charge in [-0.1, -0.05) is 28.9 Å². The van der Waals surface area contributed by atoms with E-state index in [1.165, 1.54) is 6.92 Å². The summed E-state index contributed by atoms with van der Waals surface area (Å²) in [5, 5.41) is 7.84. The van der Waals surface area contributed by atoms with Gasteiger partial charge < -0.3 is 14.6 Å². The first-order chi connectivity index (χ1) is 12.0. The molecule has 1 heterocycles. The van der Waals surface area contributed by atoms with E-state index in [9.17, 15) is 9.59 Å². The van der Waals surface area contributed by atoms with Crippen LogP contribution in [0, 0.1) is 0 Å². The molecule has 0 radical (unpaired) electrons. The first-order valence-electron chi connectivity index (χ1n) is 7.62. The number of nitrogens with zero attached hydrogens (tertiary/aromatic N) is 1. The van der Waals surface area contributed by atoms with Gasteiger partial charge in [-0.05, 0) is 43.3 Å². The Kier molecular flexibility index (Phi) is 5.00. The first kappa shape index (κ1) is 17.0. The number of carbonyl (C=O) groups excluding carboxylic acids is 2. The predicted molar refractivity (Wildman–Crippen MR) is 93.3 cm³/mol. The molecule has 0 aliphatic carbocycles. The van der Waals surface area contributed by atoms with Gasteiger partial charge in [-0.2, -0.15) is 0 Å². The maximum Gasteiger partial charge on any atom is 0.312 e. The van der Waals surface area contributed by atoms with Gasteiger partial charge in [0.05, 0.1) is 6.42 Å². The number of para-hydroxylation sites is 1. The number of benzene rings is 2. The molecule has 0 unspecified atom stereocenters. The van der Waals surface area contributed by atoms with Gasteiger partial charge in [0.1, 0.15) is 5.69 Å². The second-order valence-electron chi connectivity index (χ2n) is 5.43. The Balaban J connectivity index is 1.58. The van der Waals surface area contributed by atoms with Crippen molar-refractivity contribution in [3.8, 4) is 0 Å². The second kappa shape index (κ2) is 7.36. The van der Waals surface area contributed by atoms with E-state index < -0.39 is 18.0 Å². The molecule has 25 heavy (non-hydrogen) atoms. The highest BCUT2D eigenvalue weighted by atomic mass is 35.5. The number of hydrogen-bond acceptors (Lipinski definition) is 5. The van der Waals surface area contributed by atoms with Gasteiger partial charge in [0.2, 0.25) is 0 Å². The molecule has 3 aromatic rings. The minimum Gasteiger partial charge on any atom is -0.452 e. The summed E-state index contributed by atoms with van der Waals surface area (Å²) in [4.78, 5) is 24.2. The van der Waals surface area contributed by atoms with Crippen LogP contribution in [0.3, 0.4) is 0 Å². The highest BCUT2D eigenvalue weighted by molar-refractivity contribution is 6.30. The molecular formula is C18H15ClN2O4. The zero-order chi connectivity index (χ0) is 17.8. The van der Waals surface area contributed by atoms with Crippen molar-refractivity contribution in [2.45, 2.75) is 19.4 Å². The Morgan fingerprint density at radius 3 is 2.68 bits per heavy atom. The Bertz CT molecular complexity index is 905. The molecule has 0 saturated carbocycles. The number of anilines is 1. The lowest BCUT2D eigenvalue weighted by atomic mass is 10.2. The molecule has 7 heteroatoms. The molecule has 0 bridgehead atoms. The van der Waals surface area contributed by atoms with E-state index in [0.717, 1.165) is 5.39 Å². The fourth-order valence-electron chi connectivity index (χ4n) is 2.27. The number of carbonyl (C=O) groups is 2. The van der Waals surface area contributed by atoms with Gasteiger partial charge in [0.25, 0.3) is 5.91 Å². The maximum atomic E-state index is 12.1. The van der Waals surface area contributed by atoms with Gasteiger partial charge in [-0.25, -0.2) is 0 Å². The Hall–Kier alpha value is -2.86. The number of fused-ring (bicyclic) bond motifs is 1. The van der Waals surface area contributed by atoms with Crippen LogP contribution in [0.5, 0.6) is 0 Å². The van der Waals surface area contributed by atoms with Crippen LogP contribution < -0.4 is 5.32 Å². The molecule has 0 saturated heterocycles. The van der Waals surface area contributed by atoms with Crippen molar-refractivity contribution in [2.24, 2.45) is 0 Å². The van der Waals surface area contributed by atoms with Crippen molar-refractivity contribution in [1.29, 1.82) is 0 Å². The number of nitrogens with one attached hydrogen (secondary N) is 1. The summed E-state index contributed by atoms with van der Waals surface area (Å²) in [6.45, 7) is 1.50. The third-order valence-electron chi connectivity index (χ3n) is 3.55. The number of esters is 1. The van der Waals surface area contributed by atoms with Crippen LogP contribution in [0.1, 0.15) is 12.6 Å². The average Bonchev–Trinajstić information content (AvgIpc) is 3.00. The van der Waals surface area contributed by atoms with Crippen molar-refractivity contribution >= 4 is 40.1 Å². The molecule has 0 fully saturated rings. The molecule has 2 aromatic carbocycles. The van der Waals surface area contributed by atoms with E-state index in [4.69, 9.17) is 20.9 Å². The zero-order valence-electron chi connectivity index (χ0n) is 13.4. The lowest BCUT2D eigenvalue weighted by Gasteiger charge is -2.13. The zero-order valence-corrected chi connectivity index (χ0v) is 14.1. The van der Waals surface area contributed by atoms with Crippen molar-refractivity contribution in [3.63, 3.8) is 0 Å². The quantitative estimate of drug-likeness (QED) is 0.705.